The number of benzene rings is 1. The fraction of sp³-hybridized carbons (Fsp3) is 0.400. The van der Waals surface area contributed by atoms with Gasteiger partial charge < -0.3 is 10.1 Å². The number of methoxy groups -OCH3 is 1. The van der Waals surface area contributed by atoms with Crippen LogP contribution >= 0.6 is 11.3 Å². The van der Waals surface area contributed by atoms with Crippen LogP contribution in [0.15, 0.2) is 24.3 Å². The van der Waals surface area contributed by atoms with E-state index in [0.29, 0.717) is 0 Å². The van der Waals surface area contributed by atoms with Gasteiger partial charge in [-0.2, -0.15) is 0 Å². The number of nitrogens with zero attached hydrogens (tertiary/aromatic N) is 1. The van der Waals surface area contributed by atoms with Crippen molar-refractivity contribution in [2.24, 2.45) is 0 Å². The van der Waals surface area contributed by atoms with Crippen molar-refractivity contribution in [3.63, 3.8) is 0 Å². The lowest BCUT2D eigenvalue weighted by molar-refractivity contribution is 0.414. The minimum atomic E-state index is 0.894. The summed E-state index contributed by atoms with van der Waals surface area (Å²) in [6, 6.07) is 8.20. The number of hydrogen-bond acceptors (Lipinski definition) is 4. The Morgan fingerprint density at radius 2 is 2.00 bits per heavy atom. The van der Waals surface area contributed by atoms with Gasteiger partial charge in [-0.05, 0) is 31.2 Å². The van der Waals surface area contributed by atoms with Crippen LogP contribution < -0.4 is 10.1 Å². The first-order chi connectivity index (χ1) is 9.26. The van der Waals surface area contributed by atoms with Crippen molar-refractivity contribution in [2.45, 2.75) is 26.3 Å². The van der Waals surface area contributed by atoms with Crippen LogP contribution in [0.1, 0.15) is 28.1 Å². The topological polar surface area (TPSA) is 34.1 Å². The normalized spacial score (nSPS) is 10.7. The summed E-state index contributed by atoms with van der Waals surface area (Å²) in [5.74, 6) is 0.896. The summed E-state index contributed by atoms with van der Waals surface area (Å²) < 4.78 is 5.17. The van der Waals surface area contributed by atoms with Crippen molar-refractivity contribution in [3.05, 3.63) is 45.4 Å². The molecule has 0 radical (unpaired) electrons. The van der Waals surface area contributed by atoms with Gasteiger partial charge in [-0.1, -0.05) is 19.1 Å². The number of aromatic nitrogens is 1. The van der Waals surface area contributed by atoms with E-state index >= 15 is 0 Å². The van der Waals surface area contributed by atoms with Gasteiger partial charge in [0, 0.05) is 17.8 Å². The summed E-state index contributed by atoms with van der Waals surface area (Å²) in [5, 5.41) is 4.39. The number of hydrogen-bond donors (Lipinski definition) is 1. The average molecular weight is 276 g/mol. The third-order valence-corrected chi connectivity index (χ3v) is 4.11. The standard InChI is InChI=1S/C15H20N2OS/c1-4-13-14(10-16-2)19-15(17-13)9-11-5-7-12(18-3)8-6-11/h5-8,16H,4,9-10H2,1-3H3. The van der Waals surface area contributed by atoms with E-state index in [2.05, 4.69) is 24.4 Å². The molecule has 1 aromatic heterocycles. The molecule has 0 bridgehead atoms. The first-order valence-corrected chi connectivity index (χ1v) is 7.33. The highest BCUT2D eigenvalue weighted by Gasteiger charge is 2.09. The fourth-order valence-electron chi connectivity index (χ4n) is 2.01. The minimum Gasteiger partial charge on any atom is -0.497 e. The van der Waals surface area contributed by atoms with E-state index in [9.17, 15) is 0 Å². The van der Waals surface area contributed by atoms with E-state index in [1.54, 1.807) is 7.11 Å². The first kappa shape index (κ1) is 14.0. The van der Waals surface area contributed by atoms with Crippen molar-refractivity contribution in [2.75, 3.05) is 14.2 Å². The molecule has 0 spiro atoms. The SMILES string of the molecule is CCc1nc(Cc2ccc(OC)cc2)sc1CNC. The van der Waals surface area contributed by atoms with Gasteiger partial charge in [0.2, 0.25) is 0 Å². The molecule has 0 aliphatic heterocycles. The van der Waals surface area contributed by atoms with E-state index in [1.807, 2.05) is 30.5 Å². The second-order valence-electron chi connectivity index (χ2n) is 4.39. The maximum Gasteiger partial charge on any atom is 0.118 e. The van der Waals surface area contributed by atoms with Gasteiger partial charge in [-0.15, -0.1) is 11.3 Å². The van der Waals surface area contributed by atoms with Gasteiger partial charge in [0.1, 0.15) is 5.75 Å². The highest BCUT2D eigenvalue weighted by atomic mass is 32.1. The second-order valence-corrected chi connectivity index (χ2v) is 5.55. The highest BCUT2D eigenvalue weighted by Crippen LogP contribution is 2.22. The van der Waals surface area contributed by atoms with E-state index < -0.39 is 0 Å². The molecule has 2 rings (SSSR count). The predicted molar refractivity (Wildman–Crippen MR) is 80.1 cm³/mol. The quantitative estimate of drug-likeness (QED) is 0.880. The Morgan fingerprint density at radius 3 is 2.58 bits per heavy atom. The summed E-state index contributed by atoms with van der Waals surface area (Å²) in [7, 11) is 3.66. The summed E-state index contributed by atoms with van der Waals surface area (Å²) in [6.45, 7) is 3.06. The van der Waals surface area contributed by atoms with Gasteiger partial charge in [0.25, 0.3) is 0 Å². The maximum absolute atomic E-state index is 5.17. The zero-order chi connectivity index (χ0) is 13.7. The summed E-state index contributed by atoms with van der Waals surface area (Å²) in [5.41, 5.74) is 2.50. The third kappa shape index (κ3) is 3.55. The first-order valence-electron chi connectivity index (χ1n) is 6.51. The molecule has 0 aliphatic rings. The summed E-state index contributed by atoms with van der Waals surface area (Å²) in [4.78, 5) is 6.09. The van der Waals surface area contributed by atoms with E-state index in [0.717, 1.165) is 25.1 Å². The third-order valence-electron chi connectivity index (χ3n) is 3.01. The molecule has 0 aliphatic carbocycles. The lowest BCUT2D eigenvalue weighted by Gasteiger charge is -2.01. The smallest absolute Gasteiger partial charge is 0.118 e. The minimum absolute atomic E-state index is 0.894. The molecule has 4 heteroatoms. The van der Waals surface area contributed by atoms with Crippen molar-refractivity contribution in [1.29, 1.82) is 0 Å². The van der Waals surface area contributed by atoms with Crippen molar-refractivity contribution >= 4 is 11.3 Å². The highest BCUT2D eigenvalue weighted by molar-refractivity contribution is 7.11. The Labute approximate surface area is 118 Å². The number of thiazole rings is 1. The van der Waals surface area contributed by atoms with Crippen molar-refractivity contribution < 1.29 is 4.74 Å². The molecule has 19 heavy (non-hydrogen) atoms. The monoisotopic (exact) mass is 276 g/mol. The number of aryl methyl sites for hydroxylation is 1. The Morgan fingerprint density at radius 1 is 1.26 bits per heavy atom. The van der Waals surface area contributed by atoms with Crippen LogP contribution in [0.25, 0.3) is 0 Å². The molecule has 3 nitrogen and oxygen atoms in total. The molecule has 0 amide bonds. The van der Waals surface area contributed by atoms with Gasteiger partial charge in [0.05, 0.1) is 17.8 Å². The Bertz CT molecular complexity index is 519. The molecule has 0 saturated heterocycles. The molecular formula is C15H20N2OS. The molecular weight excluding hydrogens is 256 g/mol. The van der Waals surface area contributed by atoms with Crippen molar-refractivity contribution in [1.82, 2.24) is 10.3 Å². The van der Waals surface area contributed by atoms with Gasteiger partial charge in [0.15, 0.2) is 0 Å². The van der Waals surface area contributed by atoms with E-state index in [4.69, 9.17) is 9.72 Å². The lowest BCUT2D eigenvalue weighted by atomic mass is 10.1. The molecule has 102 valence electrons. The second kappa shape index (κ2) is 6.68. The zero-order valence-corrected chi connectivity index (χ0v) is 12.5. The van der Waals surface area contributed by atoms with Gasteiger partial charge in [-0.3, -0.25) is 0 Å². The Kier molecular flexibility index (Phi) is 4.93. The van der Waals surface area contributed by atoms with Gasteiger partial charge in [-0.25, -0.2) is 4.98 Å². The van der Waals surface area contributed by atoms with Crippen LogP contribution in [0.5, 0.6) is 5.75 Å². The van der Waals surface area contributed by atoms with Crippen molar-refractivity contribution in [3.8, 4) is 5.75 Å². The van der Waals surface area contributed by atoms with Crippen LogP contribution in [-0.2, 0) is 19.4 Å². The molecule has 1 aromatic carbocycles. The lowest BCUT2D eigenvalue weighted by Crippen LogP contribution is -2.05. The van der Waals surface area contributed by atoms with Crippen LogP contribution in [0, 0.1) is 0 Å². The number of ether oxygens (including phenoxy) is 1. The molecule has 1 N–H and O–H groups in total. The number of nitrogens with one attached hydrogen (secondary N) is 1. The summed E-state index contributed by atoms with van der Waals surface area (Å²) >= 11 is 1.81. The van der Waals surface area contributed by atoms with E-state index in [1.165, 1.54) is 21.1 Å². The predicted octanol–water partition coefficient (Wildman–Crippen LogP) is 3.02. The zero-order valence-electron chi connectivity index (χ0n) is 11.7. The van der Waals surface area contributed by atoms with Crippen LogP contribution in [-0.4, -0.2) is 19.1 Å². The van der Waals surface area contributed by atoms with E-state index in [-0.39, 0.29) is 0 Å². The molecule has 1 heterocycles. The number of rotatable bonds is 6. The summed E-state index contributed by atoms with van der Waals surface area (Å²) in [6.07, 6.45) is 1.89. The van der Waals surface area contributed by atoms with Crippen LogP contribution in [0.4, 0.5) is 0 Å². The Balaban J connectivity index is 2.13. The van der Waals surface area contributed by atoms with Crippen LogP contribution in [0.2, 0.25) is 0 Å². The molecule has 0 atom stereocenters. The maximum atomic E-state index is 5.17. The molecule has 0 unspecified atom stereocenters. The fourth-order valence-corrected chi connectivity index (χ4v) is 3.21. The van der Waals surface area contributed by atoms with Gasteiger partial charge >= 0.3 is 0 Å². The average Bonchev–Trinajstić information content (AvgIpc) is 2.82. The van der Waals surface area contributed by atoms with Crippen LogP contribution in [0.3, 0.4) is 0 Å². The molecule has 2 aromatic rings. The molecule has 0 saturated carbocycles. The molecule has 0 fully saturated rings. The largest absolute Gasteiger partial charge is 0.497 e. The Hall–Kier alpha value is -1.39.